The van der Waals surface area contributed by atoms with E-state index < -0.39 is 5.60 Å². The molecule has 0 spiro atoms. The Balaban J connectivity index is 1.99. The lowest BCUT2D eigenvalue weighted by Crippen LogP contribution is -2.35. The third kappa shape index (κ3) is 3.65. The molecule has 1 aromatic carbocycles. The molecular weight excluding hydrogens is 252 g/mol. The summed E-state index contributed by atoms with van der Waals surface area (Å²) in [6, 6.07) is 6.05. The summed E-state index contributed by atoms with van der Waals surface area (Å²) in [7, 11) is 0. The van der Waals surface area contributed by atoms with Crippen molar-refractivity contribution in [2.45, 2.75) is 51.6 Å². The first kappa shape index (κ1) is 14.7. The number of rotatable bonds is 2. The number of alkyl carbamates (subject to hydrolysis) is 1. The highest BCUT2D eigenvalue weighted by molar-refractivity contribution is 5.67. The SMILES string of the molecule is CC(C)(C)OC(=O)NCC1CCCc2c(N)cccc21. The number of benzene rings is 1. The molecule has 0 aliphatic heterocycles. The van der Waals surface area contributed by atoms with Gasteiger partial charge in [-0.05, 0) is 57.2 Å². The third-order valence-corrected chi connectivity index (χ3v) is 3.56. The first-order valence-electron chi connectivity index (χ1n) is 7.21. The Kier molecular flexibility index (Phi) is 4.21. The molecule has 1 aliphatic rings. The number of amides is 1. The summed E-state index contributed by atoms with van der Waals surface area (Å²) in [5.41, 5.74) is 8.95. The smallest absolute Gasteiger partial charge is 0.407 e. The molecule has 1 aliphatic carbocycles. The Bertz CT molecular complexity index is 492. The lowest BCUT2D eigenvalue weighted by Gasteiger charge is -2.27. The number of hydrogen-bond donors (Lipinski definition) is 2. The molecule has 1 amide bonds. The molecule has 3 N–H and O–H groups in total. The summed E-state index contributed by atoms with van der Waals surface area (Å²) in [5.74, 6) is 0.328. The molecule has 0 heterocycles. The third-order valence-electron chi connectivity index (χ3n) is 3.56. The van der Waals surface area contributed by atoms with Crippen LogP contribution >= 0.6 is 0 Å². The number of carbonyl (C=O) groups is 1. The zero-order valence-electron chi connectivity index (χ0n) is 12.5. The van der Waals surface area contributed by atoms with Crippen molar-refractivity contribution in [3.8, 4) is 0 Å². The van der Waals surface area contributed by atoms with Gasteiger partial charge in [0.25, 0.3) is 0 Å². The minimum absolute atomic E-state index is 0.328. The summed E-state index contributed by atoms with van der Waals surface area (Å²) in [6.07, 6.45) is 2.87. The van der Waals surface area contributed by atoms with E-state index in [1.807, 2.05) is 32.9 Å². The minimum Gasteiger partial charge on any atom is -0.444 e. The van der Waals surface area contributed by atoms with Gasteiger partial charge in [-0.1, -0.05) is 12.1 Å². The van der Waals surface area contributed by atoms with Crippen LogP contribution in [-0.2, 0) is 11.2 Å². The maximum absolute atomic E-state index is 11.7. The molecule has 0 bridgehead atoms. The Hall–Kier alpha value is -1.71. The van der Waals surface area contributed by atoms with Gasteiger partial charge in [0, 0.05) is 18.2 Å². The molecule has 0 aromatic heterocycles. The van der Waals surface area contributed by atoms with Crippen LogP contribution < -0.4 is 11.1 Å². The average molecular weight is 276 g/mol. The van der Waals surface area contributed by atoms with Crippen LogP contribution in [0.4, 0.5) is 10.5 Å². The Morgan fingerprint density at radius 2 is 2.20 bits per heavy atom. The molecule has 2 rings (SSSR count). The van der Waals surface area contributed by atoms with Gasteiger partial charge in [0.2, 0.25) is 0 Å². The maximum atomic E-state index is 11.7. The Morgan fingerprint density at radius 1 is 1.45 bits per heavy atom. The highest BCUT2D eigenvalue weighted by Gasteiger charge is 2.23. The summed E-state index contributed by atoms with van der Waals surface area (Å²) in [4.78, 5) is 11.7. The van der Waals surface area contributed by atoms with E-state index in [0.29, 0.717) is 12.5 Å². The first-order valence-corrected chi connectivity index (χ1v) is 7.21. The molecule has 110 valence electrons. The zero-order chi connectivity index (χ0) is 14.8. The minimum atomic E-state index is -0.459. The number of nitrogens with two attached hydrogens (primary N) is 1. The number of fused-ring (bicyclic) bond motifs is 1. The van der Waals surface area contributed by atoms with Crippen LogP contribution in [0.3, 0.4) is 0 Å². The van der Waals surface area contributed by atoms with E-state index in [2.05, 4.69) is 11.4 Å². The molecule has 1 aromatic rings. The van der Waals surface area contributed by atoms with Crippen molar-refractivity contribution < 1.29 is 9.53 Å². The van der Waals surface area contributed by atoms with Crippen molar-refractivity contribution in [3.05, 3.63) is 29.3 Å². The van der Waals surface area contributed by atoms with Crippen LogP contribution in [0.15, 0.2) is 18.2 Å². The fourth-order valence-electron chi connectivity index (χ4n) is 2.71. The maximum Gasteiger partial charge on any atom is 0.407 e. The topological polar surface area (TPSA) is 64.3 Å². The van der Waals surface area contributed by atoms with Crippen molar-refractivity contribution in [2.75, 3.05) is 12.3 Å². The number of carbonyl (C=O) groups excluding carboxylic acids is 1. The summed E-state index contributed by atoms with van der Waals surface area (Å²) in [6.45, 7) is 6.20. The van der Waals surface area contributed by atoms with E-state index in [1.165, 1.54) is 11.1 Å². The van der Waals surface area contributed by atoms with Gasteiger partial charge in [-0.2, -0.15) is 0 Å². The molecule has 0 fully saturated rings. The van der Waals surface area contributed by atoms with Crippen LogP contribution in [0, 0.1) is 0 Å². The van der Waals surface area contributed by atoms with E-state index in [4.69, 9.17) is 10.5 Å². The fraction of sp³-hybridized carbons (Fsp3) is 0.562. The second-order valence-corrected chi connectivity index (χ2v) is 6.39. The van der Waals surface area contributed by atoms with Gasteiger partial charge in [-0.15, -0.1) is 0 Å². The van der Waals surface area contributed by atoms with E-state index >= 15 is 0 Å². The van der Waals surface area contributed by atoms with Crippen molar-refractivity contribution >= 4 is 11.8 Å². The lowest BCUT2D eigenvalue weighted by atomic mass is 9.82. The fourth-order valence-corrected chi connectivity index (χ4v) is 2.71. The molecule has 1 unspecified atom stereocenters. The van der Waals surface area contributed by atoms with Crippen molar-refractivity contribution in [1.29, 1.82) is 0 Å². The van der Waals surface area contributed by atoms with Gasteiger partial charge in [-0.25, -0.2) is 4.79 Å². The first-order chi connectivity index (χ1) is 9.37. The number of nitrogen functional groups attached to an aromatic ring is 1. The Morgan fingerprint density at radius 3 is 2.90 bits per heavy atom. The molecular formula is C16H24N2O2. The van der Waals surface area contributed by atoms with Crippen LogP contribution in [0.2, 0.25) is 0 Å². The predicted octanol–water partition coefficient (Wildman–Crippen LogP) is 3.21. The highest BCUT2D eigenvalue weighted by Crippen LogP contribution is 2.34. The monoisotopic (exact) mass is 276 g/mol. The second kappa shape index (κ2) is 5.73. The molecule has 0 radical (unpaired) electrons. The van der Waals surface area contributed by atoms with Gasteiger partial charge in [-0.3, -0.25) is 0 Å². The summed E-state index contributed by atoms with van der Waals surface area (Å²) >= 11 is 0. The van der Waals surface area contributed by atoms with Crippen LogP contribution in [-0.4, -0.2) is 18.2 Å². The van der Waals surface area contributed by atoms with Gasteiger partial charge in [0.05, 0.1) is 0 Å². The number of ether oxygens (including phenoxy) is 1. The predicted molar refractivity (Wildman–Crippen MR) is 80.8 cm³/mol. The number of anilines is 1. The van der Waals surface area contributed by atoms with Crippen LogP contribution in [0.5, 0.6) is 0 Å². The second-order valence-electron chi connectivity index (χ2n) is 6.39. The van der Waals surface area contributed by atoms with Gasteiger partial charge >= 0.3 is 6.09 Å². The van der Waals surface area contributed by atoms with E-state index in [9.17, 15) is 4.79 Å². The summed E-state index contributed by atoms with van der Waals surface area (Å²) in [5, 5.41) is 2.87. The number of nitrogens with one attached hydrogen (secondary N) is 1. The van der Waals surface area contributed by atoms with Crippen LogP contribution in [0.25, 0.3) is 0 Å². The molecule has 4 nitrogen and oxygen atoms in total. The van der Waals surface area contributed by atoms with Gasteiger partial charge < -0.3 is 15.8 Å². The van der Waals surface area contributed by atoms with Crippen molar-refractivity contribution in [1.82, 2.24) is 5.32 Å². The molecule has 4 heteroatoms. The molecule has 0 saturated heterocycles. The van der Waals surface area contributed by atoms with E-state index in [1.54, 1.807) is 0 Å². The van der Waals surface area contributed by atoms with Crippen molar-refractivity contribution in [3.63, 3.8) is 0 Å². The van der Waals surface area contributed by atoms with Gasteiger partial charge in [0.15, 0.2) is 0 Å². The molecule has 1 atom stereocenters. The Labute approximate surface area is 120 Å². The van der Waals surface area contributed by atoms with E-state index in [0.717, 1.165) is 24.9 Å². The average Bonchev–Trinajstić information content (AvgIpc) is 2.35. The zero-order valence-corrected chi connectivity index (χ0v) is 12.5. The quantitative estimate of drug-likeness (QED) is 0.815. The van der Waals surface area contributed by atoms with E-state index in [-0.39, 0.29) is 6.09 Å². The van der Waals surface area contributed by atoms with Gasteiger partial charge in [0.1, 0.15) is 5.60 Å². The standard InChI is InChI=1S/C16H24N2O2/c1-16(2,3)20-15(19)18-10-11-6-4-8-13-12(11)7-5-9-14(13)17/h5,7,9,11H,4,6,8,10,17H2,1-3H3,(H,18,19). The summed E-state index contributed by atoms with van der Waals surface area (Å²) < 4.78 is 5.27. The number of hydrogen-bond acceptors (Lipinski definition) is 3. The highest BCUT2D eigenvalue weighted by atomic mass is 16.6. The van der Waals surface area contributed by atoms with Crippen LogP contribution in [0.1, 0.15) is 50.7 Å². The normalized spacial score (nSPS) is 18.2. The largest absolute Gasteiger partial charge is 0.444 e. The lowest BCUT2D eigenvalue weighted by molar-refractivity contribution is 0.0523. The molecule has 0 saturated carbocycles. The van der Waals surface area contributed by atoms with Crippen molar-refractivity contribution in [2.24, 2.45) is 0 Å². The molecule has 20 heavy (non-hydrogen) atoms.